The van der Waals surface area contributed by atoms with Crippen molar-refractivity contribution < 1.29 is 19.1 Å². The molecule has 2 aromatic carbocycles. The van der Waals surface area contributed by atoms with E-state index < -0.39 is 23.7 Å². The van der Waals surface area contributed by atoms with Crippen LogP contribution in [0, 0.1) is 12.7 Å². The second kappa shape index (κ2) is 6.17. The lowest BCUT2D eigenvalue weighted by atomic mass is 10.1. The number of aliphatic carboxylic acids is 1. The number of hydrogen-bond donors (Lipinski definition) is 2. The number of carbonyl (C=O) groups excluding carboxylic acids is 1. The molecule has 2 N–H and O–H groups in total. The van der Waals surface area contributed by atoms with Crippen LogP contribution in [0.1, 0.15) is 27.5 Å². The number of hydrogen-bond acceptors (Lipinski definition) is 2. The topological polar surface area (TPSA) is 66.4 Å². The highest BCUT2D eigenvalue weighted by molar-refractivity contribution is 5.97. The summed E-state index contributed by atoms with van der Waals surface area (Å²) >= 11 is 0. The SMILES string of the molecule is Cc1ccc(F)c(C(=O)NC(C(=O)O)c2ccccc2)c1. The van der Waals surface area contributed by atoms with Crippen LogP contribution in [0.2, 0.25) is 0 Å². The predicted molar refractivity (Wildman–Crippen MR) is 75.4 cm³/mol. The van der Waals surface area contributed by atoms with Gasteiger partial charge in [0.1, 0.15) is 5.82 Å². The Morgan fingerprint density at radius 2 is 1.81 bits per heavy atom. The van der Waals surface area contributed by atoms with Gasteiger partial charge in [0.05, 0.1) is 5.56 Å². The van der Waals surface area contributed by atoms with Crippen LogP contribution in [0.3, 0.4) is 0 Å². The van der Waals surface area contributed by atoms with Gasteiger partial charge >= 0.3 is 5.97 Å². The van der Waals surface area contributed by atoms with E-state index in [4.69, 9.17) is 0 Å². The first-order chi connectivity index (χ1) is 9.99. The van der Waals surface area contributed by atoms with Gasteiger partial charge in [0.2, 0.25) is 0 Å². The van der Waals surface area contributed by atoms with Gasteiger partial charge in [-0.2, -0.15) is 0 Å². The Morgan fingerprint density at radius 3 is 2.43 bits per heavy atom. The third kappa shape index (κ3) is 3.45. The van der Waals surface area contributed by atoms with E-state index in [0.717, 1.165) is 0 Å². The molecule has 1 unspecified atom stereocenters. The van der Waals surface area contributed by atoms with Crippen molar-refractivity contribution in [2.75, 3.05) is 0 Å². The van der Waals surface area contributed by atoms with Crippen LogP contribution in [0.5, 0.6) is 0 Å². The van der Waals surface area contributed by atoms with Gasteiger partial charge in [-0.15, -0.1) is 0 Å². The molecule has 0 aliphatic carbocycles. The minimum Gasteiger partial charge on any atom is -0.479 e. The van der Waals surface area contributed by atoms with E-state index >= 15 is 0 Å². The molecule has 5 heteroatoms. The number of halogens is 1. The molecule has 0 radical (unpaired) electrons. The van der Waals surface area contributed by atoms with Gasteiger partial charge in [0.15, 0.2) is 6.04 Å². The van der Waals surface area contributed by atoms with Crippen LogP contribution in [-0.2, 0) is 4.79 Å². The summed E-state index contributed by atoms with van der Waals surface area (Å²) in [4.78, 5) is 23.4. The molecule has 0 fully saturated rings. The van der Waals surface area contributed by atoms with Crippen LogP contribution in [0.25, 0.3) is 0 Å². The highest BCUT2D eigenvalue weighted by Gasteiger charge is 2.23. The smallest absolute Gasteiger partial charge is 0.330 e. The second-order valence-electron chi connectivity index (χ2n) is 4.64. The highest BCUT2D eigenvalue weighted by atomic mass is 19.1. The number of rotatable bonds is 4. The third-order valence-electron chi connectivity index (χ3n) is 3.02. The molecule has 0 saturated heterocycles. The zero-order valence-corrected chi connectivity index (χ0v) is 11.3. The number of benzene rings is 2. The molecule has 0 heterocycles. The van der Waals surface area contributed by atoms with Crippen LogP contribution >= 0.6 is 0 Å². The second-order valence-corrected chi connectivity index (χ2v) is 4.64. The molecule has 0 aromatic heterocycles. The molecule has 4 nitrogen and oxygen atoms in total. The maximum Gasteiger partial charge on any atom is 0.330 e. The summed E-state index contributed by atoms with van der Waals surface area (Å²) in [6.07, 6.45) is 0. The fourth-order valence-electron chi connectivity index (χ4n) is 1.96. The normalized spacial score (nSPS) is 11.7. The molecule has 108 valence electrons. The van der Waals surface area contributed by atoms with Gasteiger partial charge in [-0.05, 0) is 24.6 Å². The van der Waals surface area contributed by atoms with E-state index in [2.05, 4.69) is 5.32 Å². The van der Waals surface area contributed by atoms with E-state index in [1.807, 2.05) is 0 Å². The summed E-state index contributed by atoms with van der Waals surface area (Å²) in [5, 5.41) is 11.6. The van der Waals surface area contributed by atoms with Crippen molar-refractivity contribution >= 4 is 11.9 Å². The standard InChI is InChI=1S/C16H14FNO3/c1-10-7-8-13(17)12(9-10)15(19)18-14(16(20)21)11-5-3-2-4-6-11/h2-9,14H,1H3,(H,18,19)(H,20,21). The van der Waals surface area contributed by atoms with Gasteiger partial charge in [0.25, 0.3) is 5.91 Å². The molecule has 0 spiro atoms. The van der Waals surface area contributed by atoms with Gasteiger partial charge in [-0.1, -0.05) is 42.0 Å². The monoisotopic (exact) mass is 287 g/mol. The number of carboxylic acid groups (broad SMARTS) is 1. The number of carboxylic acids is 1. The van der Waals surface area contributed by atoms with Crippen molar-refractivity contribution in [1.82, 2.24) is 5.32 Å². The van der Waals surface area contributed by atoms with Crippen LogP contribution in [0.15, 0.2) is 48.5 Å². The fourth-order valence-corrected chi connectivity index (χ4v) is 1.96. The first-order valence-electron chi connectivity index (χ1n) is 6.34. The lowest BCUT2D eigenvalue weighted by Gasteiger charge is -2.15. The summed E-state index contributed by atoms with van der Waals surface area (Å²) in [5.74, 6) is -2.65. The van der Waals surface area contributed by atoms with Crippen LogP contribution < -0.4 is 5.32 Å². The minimum atomic E-state index is -1.22. The van der Waals surface area contributed by atoms with E-state index in [-0.39, 0.29) is 5.56 Å². The Hall–Kier alpha value is -2.69. The molecule has 1 atom stereocenters. The van der Waals surface area contributed by atoms with Gasteiger partial charge in [-0.3, -0.25) is 4.79 Å². The van der Waals surface area contributed by atoms with Crippen molar-refractivity contribution in [3.63, 3.8) is 0 Å². The summed E-state index contributed by atoms with van der Waals surface area (Å²) in [5.41, 5.74) is 0.969. The van der Waals surface area contributed by atoms with Crippen molar-refractivity contribution in [1.29, 1.82) is 0 Å². The number of nitrogens with one attached hydrogen (secondary N) is 1. The molecule has 2 aromatic rings. The Kier molecular flexibility index (Phi) is 4.33. The summed E-state index contributed by atoms with van der Waals surface area (Å²) in [6.45, 7) is 1.72. The van der Waals surface area contributed by atoms with E-state index in [1.165, 1.54) is 18.2 Å². The zero-order chi connectivity index (χ0) is 15.4. The first kappa shape index (κ1) is 14.7. The van der Waals surface area contributed by atoms with Crippen molar-refractivity contribution in [2.24, 2.45) is 0 Å². The molecule has 0 saturated carbocycles. The van der Waals surface area contributed by atoms with Crippen molar-refractivity contribution in [2.45, 2.75) is 13.0 Å². The Morgan fingerprint density at radius 1 is 1.14 bits per heavy atom. The average molecular weight is 287 g/mol. The Balaban J connectivity index is 2.27. The lowest BCUT2D eigenvalue weighted by molar-refractivity contribution is -0.139. The maximum atomic E-state index is 13.7. The van der Waals surface area contributed by atoms with Crippen LogP contribution in [0.4, 0.5) is 4.39 Å². The van der Waals surface area contributed by atoms with Crippen LogP contribution in [-0.4, -0.2) is 17.0 Å². The maximum absolute atomic E-state index is 13.7. The van der Waals surface area contributed by atoms with Gasteiger partial charge in [0, 0.05) is 0 Å². The lowest BCUT2D eigenvalue weighted by Crippen LogP contribution is -2.34. The first-order valence-corrected chi connectivity index (χ1v) is 6.34. The van der Waals surface area contributed by atoms with Gasteiger partial charge < -0.3 is 10.4 Å². The fraction of sp³-hybridized carbons (Fsp3) is 0.125. The summed E-state index contributed by atoms with van der Waals surface area (Å²) < 4.78 is 13.7. The van der Waals surface area contributed by atoms with Gasteiger partial charge in [-0.25, -0.2) is 9.18 Å². The summed E-state index contributed by atoms with van der Waals surface area (Å²) in [6, 6.07) is 11.1. The molecule has 2 rings (SSSR count). The number of aryl methyl sites for hydroxylation is 1. The van der Waals surface area contributed by atoms with E-state index in [0.29, 0.717) is 11.1 Å². The molecule has 0 aliphatic heterocycles. The minimum absolute atomic E-state index is 0.169. The Bertz CT molecular complexity index is 670. The highest BCUT2D eigenvalue weighted by Crippen LogP contribution is 2.16. The largest absolute Gasteiger partial charge is 0.479 e. The number of carbonyl (C=O) groups is 2. The van der Waals surface area contributed by atoms with E-state index in [1.54, 1.807) is 37.3 Å². The summed E-state index contributed by atoms with van der Waals surface area (Å²) in [7, 11) is 0. The molecule has 0 aliphatic rings. The average Bonchev–Trinajstić information content (AvgIpc) is 2.47. The van der Waals surface area contributed by atoms with Crippen molar-refractivity contribution in [3.8, 4) is 0 Å². The molecular weight excluding hydrogens is 273 g/mol. The quantitative estimate of drug-likeness (QED) is 0.908. The zero-order valence-electron chi connectivity index (χ0n) is 11.3. The molecule has 21 heavy (non-hydrogen) atoms. The van der Waals surface area contributed by atoms with Crippen molar-refractivity contribution in [3.05, 3.63) is 71.0 Å². The van der Waals surface area contributed by atoms with E-state index in [9.17, 15) is 19.1 Å². The molecule has 0 bridgehead atoms. The number of amides is 1. The predicted octanol–water partition coefficient (Wildman–Crippen LogP) is 2.69. The molecule has 1 amide bonds. The Labute approximate surface area is 121 Å². The third-order valence-corrected chi connectivity index (χ3v) is 3.02. The molecular formula is C16H14FNO3.